The predicted molar refractivity (Wildman–Crippen MR) is 344 cm³/mol. The van der Waals surface area contributed by atoms with Crippen LogP contribution in [0.25, 0.3) is 33.4 Å². The highest BCUT2D eigenvalue weighted by Gasteiger charge is 2.18. The molecule has 4 nitrogen and oxygen atoms in total. The maximum absolute atomic E-state index is 2.40. The maximum atomic E-state index is 2.40. The fourth-order valence-electron chi connectivity index (χ4n) is 11.0. The first-order valence-electron chi connectivity index (χ1n) is 27.9. The van der Waals surface area contributed by atoms with Crippen LogP contribution < -0.4 is 19.6 Å². The first kappa shape index (κ1) is 51.6. The highest BCUT2D eigenvalue weighted by Crippen LogP contribution is 2.41. The molecular formula is C77H64N4. The van der Waals surface area contributed by atoms with Gasteiger partial charge in [0, 0.05) is 69.1 Å². The second-order valence-corrected chi connectivity index (χ2v) is 21.1. The number of anilines is 11. The smallest absolute Gasteiger partial charge is 0.0481 e. The molecule has 392 valence electrons. The van der Waals surface area contributed by atoms with Crippen molar-refractivity contribution in [3.05, 3.63) is 331 Å². The minimum atomic E-state index is 0.724. The molecule has 0 heterocycles. The summed E-state index contributed by atoms with van der Waals surface area (Å²) in [5.74, 6) is 0. The summed E-state index contributed by atoms with van der Waals surface area (Å²) < 4.78 is 0. The van der Waals surface area contributed by atoms with Crippen LogP contribution in [0.15, 0.2) is 303 Å². The van der Waals surface area contributed by atoms with Gasteiger partial charge in [0.25, 0.3) is 0 Å². The molecule has 0 aliphatic rings. The van der Waals surface area contributed by atoms with Crippen molar-refractivity contribution in [2.75, 3.05) is 19.6 Å². The Kier molecular flexibility index (Phi) is 14.9. The van der Waals surface area contributed by atoms with Crippen LogP contribution in [0.4, 0.5) is 62.6 Å². The highest BCUT2D eigenvalue weighted by atomic mass is 15.2. The van der Waals surface area contributed by atoms with Crippen LogP contribution in [-0.4, -0.2) is 0 Å². The zero-order chi connectivity index (χ0) is 55.1. The lowest BCUT2D eigenvalue weighted by molar-refractivity contribution is 0.976. The second kappa shape index (κ2) is 23.4. The summed E-state index contributed by atoms with van der Waals surface area (Å²) in [5.41, 5.74) is 25.6. The van der Waals surface area contributed by atoms with Crippen molar-refractivity contribution < 1.29 is 0 Å². The van der Waals surface area contributed by atoms with E-state index in [2.05, 4.69) is 351 Å². The molecule has 0 aromatic heterocycles. The van der Waals surface area contributed by atoms with Crippen molar-refractivity contribution in [3.8, 4) is 33.4 Å². The van der Waals surface area contributed by atoms with Crippen molar-refractivity contribution in [1.29, 1.82) is 0 Å². The molecule has 0 aliphatic carbocycles. The number of hydrogen-bond acceptors (Lipinski definition) is 4. The molecule has 0 fully saturated rings. The summed E-state index contributed by atoms with van der Waals surface area (Å²) in [4.78, 5) is 9.39. The van der Waals surface area contributed by atoms with E-state index >= 15 is 0 Å². The van der Waals surface area contributed by atoms with Crippen molar-refractivity contribution in [2.45, 2.75) is 34.2 Å². The Morgan fingerprint density at radius 1 is 0.198 bits per heavy atom. The summed E-state index contributed by atoms with van der Waals surface area (Å²) in [6.45, 7) is 9.31. The van der Waals surface area contributed by atoms with Crippen LogP contribution >= 0.6 is 0 Å². The fraction of sp³-hybridized carbons (Fsp3) is 0.0649. The minimum Gasteiger partial charge on any atom is -0.337 e. The second-order valence-electron chi connectivity index (χ2n) is 21.1. The molecule has 0 bridgehead atoms. The number of benzene rings is 12. The van der Waals surface area contributed by atoms with Crippen LogP contribution in [-0.2, 0) is 6.54 Å². The predicted octanol–water partition coefficient (Wildman–Crippen LogP) is 21.7. The Labute approximate surface area is 478 Å². The quantitative estimate of drug-likeness (QED) is 0.0956. The first-order valence-corrected chi connectivity index (χ1v) is 27.9. The Morgan fingerprint density at radius 3 is 0.716 bits per heavy atom. The van der Waals surface area contributed by atoms with E-state index < -0.39 is 0 Å². The molecule has 0 N–H and O–H groups in total. The van der Waals surface area contributed by atoms with Crippen molar-refractivity contribution in [1.82, 2.24) is 0 Å². The van der Waals surface area contributed by atoms with E-state index in [0.717, 1.165) is 74.7 Å². The molecule has 0 saturated heterocycles. The van der Waals surface area contributed by atoms with E-state index in [0.29, 0.717) is 0 Å². The van der Waals surface area contributed by atoms with Crippen LogP contribution in [0.5, 0.6) is 0 Å². The van der Waals surface area contributed by atoms with E-state index in [9.17, 15) is 0 Å². The van der Waals surface area contributed by atoms with Crippen molar-refractivity contribution in [3.63, 3.8) is 0 Å². The minimum absolute atomic E-state index is 0.724. The summed E-state index contributed by atoms with van der Waals surface area (Å²) in [7, 11) is 0. The van der Waals surface area contributed by atoms with Gasteiger partial charge in [-0.25, -0.2) is 0 Å². The normalized spacial score (nSPS) is 11.0. The average molecular weight is 1050 g/mol. The van der Waals surface area contributed by atoms with Crippen molar-refractivity contribution in [2.24, 2.45) is 0 Å². The molecule has 0 aliphatic heterocycles. The molecule has 12 rings (SSSR count). The van der Waals surface area contributed by atoms with Gasteiger partial charge in [0.05, 0.1) is 0 Å². The molecule has 0 amide bonds. The molecule has 0 unspecified atom stereocenters. The fourth-order valence-corrected chi connectivity index (χ4v) is 11.0. The molecule has 81 heavy (non-hydrogen) atoms. The molecule has 12 aromatic carbocycles. The van der Waals surface area contributed by atoms with Gasteiger partial charge in [-0.2, -0.15) is 0 Å². The van der Waals surface area contributed by atoms with E-state index in [1.54, 1.807) is 0 Å². The van der Waals surface area contributed by atoms with Gasteiger partial charge in [-0.05, 0) is 222 Å². The largest absolute Gasteiger partial charge is 0.337 e. The molecule has 0 atom stereocenters. The number of hydrogen-bond donors (Lipinski definition) is 0. The number of rotatable bonds is 16. The Bertz CT molecular complexity index is 3930. The molecule has 4 heteroatoms. The standard InChI is InChI=1S/C77H64N4/c1-56-15-11-23-74(51-56)80(75-24-12-16-57(2)52-75)72-47-37-64(38-48-72)62-31-41-68(42-32-62)78(67-19-7-5-8-20-67)55-60-27-29-61(30-28-60)63-33-43-70(44-34-63)79(69-21-9-6-10-22-69)71-45-35-65(36-46-71)66-39-49-73(50-40-66)81(76-25-13-17-58(3)53-76)77-26-14-18-59(4)54-77/h5-54H,55H2,1-4H3. The van der Waals surface area contributed by atoms with Gasteiger partial charge in [-0.1, -0.05) is 170 Å². The lowest BCUT2D eigenvalue weighted by Crippen LogP contribution is -2.16. The SMILES string of the molecule is Cc1cccc(N(c2ccc(-c3ccc(N(Cc4ccc(-c5ccc(N(c6ccccc6)c6ccc(-c7ccc(N(c8cccc(C)c8)c8cccc(C)c8)cc7)cc6)cc5)cc4)c4ccccc4)cc3)cc2)c2cccc(C)c2)c1. The molecular weight excluding hydrogens is 981 g/mol. The summed E-state index contributed by atoms with van der Waals surface area (Å²) in [6, 6.07) is 110. The van der Waals surface area contributed by atoms with Gasteiger partial charge in [-0.15, -0.1) is 0 Å². The maximum Gasteiger partial charge on any atom is 0.0481 e. The average Bonchev–Trinajstić information content (AvgIpc) is 3.55. The third-order valence-electron chi connectivity index (χ3n) is 15.1. The lowest BCUT2D eigenvalue weighted by Gasteiger charge is -2.27. The molecule has 12 aromatic rings. The van der Waals surface area contributed by atoms with E-state index in [4.69, 9.17) is 0 Å². The van der Waals surface area contributed by atoms with Gasteiger partial charge < -0.3 is 19.6 Å². The molecule has 0 saturated carbocycles. The third kappa shape index (κ3) is 11.7. The summed E-state index contributed by atoms with van der Waals surface area (Å²) in [5, 5.41) is 0. The number of para-hydroxylation sites is 2. The lowest BCUT2D eigenvalue weighted by atomic mass is 10.0. The van der Waals surface area contributed by atoms with E-state index in [1.807, 2.05) is 0 Å². The third-order valence-corrected chi connectivity index (χ3v) is 15.1. The molecule has 0 spiro atoms. The summed E-state index contributed by atoms with van der Waals surface area (Å²) >= 11 is 0. The number of nitrogens with zero attached hydrogens (tertiary/aromatic N) is 4. The van der Waals surface area contributed by atoms with Crippen LogP contribution in [0, 0.1) is 27.7 Å². The van der Waals surface area contributed by atoms with Gasteiger partial charge >= 0.3 is 0 Å². The highest BCUT2D eigenvalue weighted by molar-refractivity contribution is 5.83. The summed E-state index contributed by atoms with van der Waals surface area (Å²) in [6.07, 6.45) is 0. The Hall–Kier alpha value is -10.2. The van der Waals surface area contributed by atoms with E-state index in [-0.39, 0.29) is 0 Å². The van der Waals surface area contributed by atoms with Gasteiger partial charge in [0.1, 0.15) is 0 Å². The monoisotopic (exact) mass is 1040 g/mol. The Morgan fingerprint density at radius 2 is 0.420 bits per heavy atom. The first-order chi connectivity index (χ1) is 39.8. The zero-order valence-electron chi connectivity index (χ0n) is 46.4. The zero-order valence-corrected chi connectivity index (χ0v) is 46.4. The van der Waals surface area contributed by atoms with Crippen LogP contribution in [0.3, 0.4) is 0 Å². The van der Waals surface area contributed by atoms with E-state index in [1.165, 1.54) is 55.6 Å². The van der Waals surface area contributed by atoms with Crippen LogP contribution in [0.2, 0.25) is 0 Å². The van der Waals surface area contributed by atoms with Crippen molar-refractivity contribution >= 4 is 62.6 Å². The Balaban J connectivity index is 0.750. The van der Waals surface area contributed by atoms with Crippen LogP contribution in [0.1, 0.15) is 27.8 Å². The van der Waals surface area contributed by atoms with Gasteiger partial charge in [-0.3, -0.25) is 0 Å². The topological polar surface area (TPSA) is 13.0 Å². The van der Waals surface area contributed by atoms with Gasteiger partial charge in [0.15, 0.2) is 0 Å². The molecule has 0 radical (unpaired) electrons. The van der Waals surface area contributed by atoms with Gasteiger partial charge in [0.2, 0.25) is 0 Å². The number of aryl methyl sites for hydroxylation is 4.